The molecule has 6 heteroatoms. The first kappa shape index (κ1) is 82.8. The minimum atomic E-state index is -0.664. The summed E-state index contributed by atoms with van der Waals surface area (Å²) in [6, 6.07) is -0.541. The number of aliphatic hydroxyl groups is 2. The fourth-order valence-electron chi connectivity index (χ4n) is 12.0. The van der Waals surface area contributed by atoms with Gasteiger partial charge >= 0.3 is 5.97 Å². The Kier molecular flexibility index (Phi) is 72.4. The van der Waals surface area contributed by atoms with Crippen LogP contribution in [0.5, 0.6) is 0 Å². The molecule has 1 amide bonds. The lowest BCUT2D eigenvalue weighted by molar-refractivity contribution is -0.143. The number of hydrogen-bond donors (Lipinski definition) is 3. The first-order valence-electron chi connectivity index (χ1n) is 38.4. The zero-order chi connectivity index (χ0) is 61.3. The topological polar surface area (TPSA) is 95.9 Å². The predicted molar refractivity (Wildman–Crippen MR) is 375 cm³/mol. The molecule has 2 unspecified atom stereocenters. The van der Waals surface area contributed by atoms with Crippen LogP contribution >= 0.6 is 0 Å². The molecule has 2 atom stereocenters. The number of unbranched alkanes of at least 4 members (excludes halogenated alkanes) is 53. The van der Waals surface area contributed by atoms with Crippen LogP contribution in [0, 0.1) is 0 Å². The van der Waals surface area contributed by atoms with Gasteiger partial charge in [-0.25, -0.2) is 0 Å². The minimum Gasteiger partial charge on any atom is -0.466 e. The molecule has 0 radical (unpaired) electrons. The smallest absolute Gasteiger partial charge is 0.305 e. The SMILES string of the molecule is CCC/C=C\C/C=C\CCCCCCCC(=O)OCCCCCCCCCCCCC/C=C\C/C=C\CCCCCCCCCCCCCCCCCCCC(=O)NC(CO)C(O)CCCCCCCCCCCCCCCCCCCCCC. The second-order valence-electron chi connectivity index (χ2n) is 26.3. The molecule has 0 saturated heterocycles. The van der Waals surface area contributed by atoms with E-state index in [4.69, 9.17) is 4.74 Å². The Morgan fingerprint density at radius 3 is 0.941 bits per heavy atom. The van der Waals surface area contributed by atoms with Crippen LogP contribution in [0.3, 0.4) is 0 Å². The van der Waals surface area contributed by atoms with E-state index in [1.165, 1.54) is 327 Å². The molecule has 3 N–H and O–H groups in total. The van der Waals surface area contributed by atoms with Gasteiger partial charge in [0.15, 0.2) is 0 Å². The van der Waals surface area contributed by atoms with Crippen LogP contribution in [0.2, 0.25) is 0 Å². The number of aliphatic hydroxyl groups excluding tert-OH is 2. The number of esters is 1. The maximum Gasteiger partial charge on any atom is 0.305 e. The Bertz CT molecular complexity index is 1420. The quantitative estimate of drug-likeness (QED) is 0.0320. The van der Waals surface area contributed by atoms with Crippen LogP contribution in [-0.2, 0) is 14.3 Å². The van der Waals surface area contributed by atoms with Crippen molar-refractivity contribution in [1.82, 2.24) is 5.32 Å². The third-order valence-electron chi connectivity index (χ3n) is 17.8. The Morgan fingerprint density at radius 1 is 0.329 bits per heavy atom. The highest BCUT2D eigenvalue weighted by Gasteiger charge is 2.20. The molecule has 0 aromatic rings. The van der Waals surface area contributed by atoms with E-state index in [0.29, 0.717) is 25.9 Å². The van der Waals surface area contributed by atoms with Crippen LogP contribution < -0.4 is 5.32 Å². The van der Waals surface area contributed by atoms with Crippen molar-refractivity contribution in [2.45, 2.75) is 431 Å². The summed E-state index contributed by atoms with van der Waals surface area (Å²) in [6.07, 6.45) is 97.6. The summed E-state index contributed by atoms with van der Waals surface area (Å²) in [6.45, 7) is 4.92. The predicted octanol–water partition coefficient (Wildman–Crippen LogP) is 25.2. The normalized spacial score (nSPS) is 12.8. The van der Waals surface area contributed by atoms with Gasteiger partial charge in [-0.3, -0.25) is 9.59 Å². The number of hydrogen-bond acceptors (Lipinski definition) is 5. The number of nitrogens with one attached hydrogen (secondary N) is 1. The Hall–Kier alpha value is -2.18. The Labute approximate surface area is 531 Å². The largest absolute Gasteiger partial charge is 0.466 e. The van der Waals surface area contributed by atoms with Gasteiger partial charge in [0.2, 0.25) is 5.91 Å². The van der Waals surface area contributed by atoms with Crippen LogP contribution in [0.1, 0.15) is 418 Å². The molecule has 0 heterocycles. The summed E-state index contributed by atoms with van der Waals surface area (Å²) in [5, 5.41) is 23.4. The summed E-state index contributed by atoms with van der Waals surface area (Å²) in [5.41, 5.74) is 0. The summed E-state index contributed by atoms with van der Waals surface area (Å²) in [7, 11) is 0. The van der Waals surface area contributed by atoms with E-state index in [0.717, 1.165) is 57.8 Å². The molecule has 0 rings (SSSR count). The highest BCUT2D eigenvalue weighted by Crippen LogP contribution is 2.19. The summed E-state index contributed by atoms with van der Waals surface area (Å²) in [4.78, 5) is 24.6. The fraction of sp³-hybridized carbons (Fsp3) is 0.873. The number of ether oxygens (including phenoxy) is 1. The fourth-order valence-corrected chi connectivity index (χ4v) is 12.0. The average molecular weight is 1190 g/mol. The van der Waals surface area contributed by atoms with Crippen LogP contribution in [0.25, 0.3) is 0 Å². The second-order valence-corrected chi connectivity index (χ2v) is 26.3. The lowest BCUT2D eigenvalue weighted by atomic mass is 10.0. The first-order valence-corrected chi connectivity index (χ1v) is 38.4. The maximum atomic E-state index is 12.6. The van der Waals surface area contributed by atoms with Crippen molar-refractivity contribution < 1.29 is 24.5 Å². The molecule has 0 aliphatic rings. The molecule has 0 aromatic heterocycles. The number of carbonyl (C=O) groups excluding carboxylic acids is 2. The third-order valence-corrected chi connectivity index (χ3v) is 17.8. The molecular formula is C79H149NO5. The van der Waals surface area contributed by atoms with Crippen LogP contribution in [0.4, 0.5) is 0 Å². The van der Waals surface area contributed by atoms with Gasteiger partial charge < -0.3 is 20.3 Å². The van der Waals surface area contributed by atoms with E-state index in [-0.39, 0.29) is 18.5 Å². The highest BCUT2D eigenvalue weighted by atomic mass is 16.5. The number of allylic oxidation sites excluding steroid dienone is 8. The molecule has 0 aliphatic heterocycles. The molecule has 6 nitrogen and oxygen atoms in total. The average Bonchev–Trinajstić information content (AvgIpc) is 3.51. The molecule has 0 bridgehead atoms. The van der Waals surface area contributed by atoms with E-state index in [1.54, 1.807) is 0 Å². The standard InChI is InChI=1S/C79H149NO5/c1-3-5-7-9-11-13-15-17-18-19-20-38-41-44-48-51-55-59-63-67-71-77(82)76(75-81)80-78(83)72-68-64-60-56-52-49-45-42-39-36-34-32-30-28-26-24-22-21-23-25-27-29-31-33-35-37-40-43-46-50-54-58-62-66-70-74-85-79(84)73-69-65-61-57-53-47-16-14-12-10-8-6-4-2/h8,10,14,16,23,25,29,31,76-77,81-82H,3-7,9,11-13,15,17-22,24,26-28,30,32-75H2,1-2H3,(H,80,83)/b10-8-,16-14-,25-23-,31-29-. The lowest BCUT2D eigenvalue weighted by Gasteiger charge is -2.22. The van der Waals surface area contributed by atoms with Crippen molar-refractivity contribution >= 4 is 11.9 Å². The number of rotatable bonds is 72. The summed E-state index contributed by atoms with van der Waals surface area (Å²) < 4.78 is 5.48. The van der Waals surface area contributed by atoms with Crippen molar-refractivity contribution in [3.05, 3.63) is 48.6 Å². The van der Waals surface area contributed by atoms with Crippen molar-refractivity contribution in [2.24, 2.45) is 0 Å². The van der Waals surface area contributed by atoms with Crippen molar-refractivity contribution in [1.29, 1.82) is 0 Å². The highest BCUT2D eigenvalue weighted by molar-refractivity contribution is 5.76. The zero-order valence-electron chi connectivity index (χ0n) is 57.4. The van der Waals surface area contributed by atoms with E-state index in [1.807, 2.05) is 0 Å². The van der Waals surface area contributed by atoms with E-state index >= 15 is 0 Å². The first-order chi connectivity index (χ1) is 42.0. The van der Waals surface area contributed by atoms with Gasteiger partial charge in [0, 0.05) is 12.8 Å². The second kappa shape index (κ2) is 74.3. The lowest BCUT2D eigenvalue weighted by Crippen LogP contribution is -2.45. The van der Waals surface area contributed by atoms with Gasteiger partial charge in [-0.15, -0.1) is 0 Å². The van der Waals surface area contributed by atoms with Gasteiger partial charge in [0.25, 0.3) is 0 Å². The molecule has 0 aliphatic carbocycles. The zero-order valence-corrected chi connectivity index (χ0v) is 57.4. The van der Waals surface area contributed by atoms with Crippen LogP contribution in [0.15, 0.2) is 48.6 Å². The van der Waals surface area contributed by atoms with Gasteiger partial charge in [-0.2, -0.15) is 0 Å². The Morgan fingerprint density at radius 2 is 0.612 bits per heavy atom. The molecule has 0 spiro atoms. The van der Waals surface area contributed by atoms with Crippen molar-refractivity contribution in [3.63, 3.8) is 0 Å². The van der Waals surface area contributed by atoms with Crippen molar-refractivity contribution in [2.75, 3.05) is 13.2 Å². The maximum absolute atomic E-state index is 12.6. The third kappa shape index (κ3) is 70.8. The van der Waals surface area contributed by atoms with Gasteiger partial charge in [-0.1, -0.05) is 371 Å². The van der Waals surface area contributed by atoms with Crippen LogP contribution in [-0.4, -0.2) is 47.4 Å². The number of amides is 1. The van der Waals surface area contributed by atoms with Gasteiger partial charge in [0.05, 0.1) is 25.4 Å². The molecule has 0 fully saturated rings. The van der Waals surface area contributed by atoms with E-state index < -0.39 is 12.1 Å². The summed E-state index contributed by atoms with van der Waals surface area (Å²) in [5.74, 6) is -0.0268. The van der Waals surface area contributed by atoms with E-state index in [2.05, 4.69) is 67.8 Å². The molecule has 0 saturated carbocycles. The Balaban J connectivity index is 3.38. The van der Waals surface area contributed by atoms with E-state index in [9.17, 15) is 19.8 Å². The molecule has 0 aromatic carbocycles. The molecule has 85 heavy (non-hydrogen) atoms. The van der Waals surface area contributed by atoms with Crippen molar-refractivity contribution in [3.8, 4) is 0 Å². The van der Waals surface area contributed by atoms with Gasteiger partial charge in [0.1, 0.15) is 0 Å². The monoisotopic (exact) mass is 1190 g/mol. The minimum absolute atomic E-state index is 0.00160. The number of carbonyl (C=O) groups is 2. The summed E-state index contributed by atoms with van der Waals surface area (Å²) >= 11 is 0. The molecular weight excluding hydrogens is 1040 g/mol. The molecule has 500 valence electrons. The van der Waals surface area contributed by atoms with Gasteiger partial charge in [-0.05, 0) is 83.5 Å².